The fourth-order valence-electron chi connectivity index (χ4n) is 1.83. The van der Waals surface area contributed by atoms with E-state index in [2.05, 4.69) is 44.4 Å². The van der Waals surface area contributed by atoms with Crippen molar-refractivity contribution in [2.75, 3.05) is 6.54 Å². The summed E-state index contributed by atoms with van der Waals surface area (Å²) in [6.45, 7) is 4.99. The second kappa shape index (κ2) is 9.49. The zero-order valence-electron chi connectivity index (χ0n) is 11.8. The van der Waals surface area contributed by atoms with E-state index in [4.69, 9.17) is 4.74 Å². The normalized spacial score (nSPS) is 11.6. The molecule has 1 rings (SSSR count). The number of carbonyl (C=O) groups is 1. The van der Waals surface area contributed by atoms with Gasteiger partial charge in [-0.3, -0.25) is 0 Å². The van der Waals surface area contributed by atoms with E-state index in [0.29, 0.717) is 12.5 Å². The van der Waals surface area contributed by atoms with E-state index in [9.17, 15) is 4.79 Å². The first kappa shape index (κ1) is 16.6. The molecule has 108 valence electrons. The van der Waals surface area contributed by atoms with Crippen molar-refractivity contribution in [3.05, 3.63) is 35.9 Å². The van der Waals surface area contributed by atoms with Crippen LogP contribution in [0.15, 0.2) is 35.3 Å². The van der Waals surface area contributed by atoms with Crippen molar-refractivity contribution in [2.24, 2.45) is 10.9 Å². The summed E-state index contributed by atoms with van der Waals surface area (Å²) < 4.78 is 7.81. The van der Waals surface area contributed by atoms with Crippen LogP contribution in [-0.2, 0) is 11.3 Å². The van der Waals surface area contributed by atoms with Gasteiger partial charge in [-0.2, -0.15) is 0 Å². The molecular formula is C15H20N2O2Se. The number of hydrogen-bond acceptors (Lipinski definition) is 3. The van der Waals surface area contributed by atoms with Crippen LogP contribution in [0.2, 0.25) is 0 Å². The Hall–Kier alpha value is -1.41. The van der Waals surface area contributed by atoms with Gasteiger partial charge in [0.1, 0.15) is 0 Å². The van der Waals surface area contributed by atoms with E-state index in [-0.39, 0.29) is 12.6 Å². The first-order valence-corrected chi connectivity index (χ1v) is 7.48. The minimum atomic E-state index is -0.408. The van der Waals surface area contributed by atoms with Gasteiger partial charge >= 0.3 is 127 Å². The van der Waals surface area contributed by atoms with Gasteiger partial charge < -0.3 is 0 Å². The molecule has 5 heteroatoms. The molecule has 0 aliphatic rings. The number of ether oxygens (including phenoxy) is 1. The summed E-state index contributed by atoms with van der Waals surface area (Å²) >= 11 is 2.59. The van der Waals surface area contributed by atoms with Gasteiger partial charge in [0.2, 0.25) is 0 Å². The maximum absolute atomic E-state index is 11.8. The quantitative estimate of drug-likeness (QED) is 0.613. The van der Waals surface area contributed by atoms with Gasteiger partial charge in [0.15, 0.2) is 0 Å². The van der Waals surface area contributed by atoms with Gasteiger partial charge in [-0.1, -0.05) is 0 Å². The predicted octanol–water partition coefficient (Wildman–Crippen LogP) is 2.40. The Morgan fingerprint density at radius 3 is 2.70 bits per heavy atom. The summed E-state index contributed by atoms with van der Waals surface area (Å²) in [5, 5.41) is 2.84. The fraction of sp³-hybridized carbons (Fsp3) is 0.467. The average Bonchev–Trinajstić information content (AvgIpc) is 2.43. The van der Waals surface area contributed by atoms with Crippen LogP contribution < -0.4 is 5.32 Å². The monoisotopic (exact) mass is 340 g/mol. The first-order valence-electron chi connectivity index (χ1n) is 6.62. The number of nitrogens with one attached hydrogen (secondary N) is 1. The zero-order chi connectivity index (χ0) is 14.8. The van der Waals surface area contributed by atoms with Crippen LogP contribution in [0.25, 0.3) is 0 Å². The number of alkyl carbamates (subject to hydrolysis) is 1. The number of hydrogen-bond donors (Lipinski definition) is 1. The van der Waals surface area contributed by atoms with Crippen molar-refractivity contribution in [3.63, 3.8) is 0 Å². The fourth-order valence-corrected chi connectivity index (χ4v) is 1.98. The Morgan fingerprint density at radius 2 is 2.10 bits per heavy atom. The molecule has 1 amide bonds. The molecule has 0 radical (unpaired) electrons. The molecule has 1 aromatic rings. The number of benzene rings is 1. The molecule has 1 unspecified atom stereocenters. The van der Waals surface area contributed by atoms with Crippen molar-refractivity contribution in [2.45, 2.75) is 32.9 Å². The zero-order valence-corrected chi connectivity index (χ0v) is 13.5. The molecule has 0 fully saturated rings. The van der Waals surface area contributed by atoms with Gasteiger partial charge in [-0.25, -0.2) is 0 Å². The van der Waals surface area contributed by atoms with Gasteiger partial charge in [-0.05, 0) is 0 Å². The Balaban J connectivity index is 2.42. The Morgan fingerprint density at radius 1 is 1.40 bits per heavy atom. The van der Waals surface area contributed by atoms with Crippen LogP contribution in [0, 0.1) is 5.92 Å². The van der Waals surface area contributed by atoms with Gasteiger partial charge in [0.25, 0.3) is 0 Å². The molecule has 0 saturated carbocycles. The SMILES string of the molecule is CC(C)CC(CN=C=[Se])NC(=O)OCc1ccccc1. The number of rotatable bonds is 7. The van der Waals surface area contributed by atoms with Crippen molar-refractivity contribution in [1.29, 1.82) is 0 Å². The average molecular weight is 339 g/mol. The standard InChI is InChI=1S/C15H20N2O2Se/c1-12(2)8-14(9-16-11-20)17-15(18)19-10-13-6-4-3-5-7-13/h3-7,12,14H,8-10H2,1-2H3,(H,17,18). The summed E-state index contributed by atoms with van der Waals surface area (Å²) in [6.07, 6.45) is 0.445. The molecule has 0 bridgehead atoms. The molecule has 0 heterocycles. The van der Waals surface area contributed by atoms with E-state index in [1.165, 1.54) is 0 Å². The molecule has 1 aromatic carbocycles. The van der Waals surface area contributed by atoms with Crippen molar-refractivity contribution < 1.29 is 9.53 Å². The topological polar surface area (TPSA) is 50.7 Å². The summed E-state index contributed by atoms with van der Waals surface area (Å²) in [7, 11) is 0. The second-order valence-electron chi connectivity index (χ2n) is 4.96. The van der Waals surface area contributed by atoms with Crippen molar-refractivity contribution >= 4 is 26.4 Å². The molecule has 0 aromatic heterocycles. The number of aliphatic imine (C=N–C) groups is 1. The minimum absolute atomic E-state index is 0.0286. The van der Waals surface area contributed by atoms with E-state index in [1.807, 2.05) is 30.3 Å². The van der Waals surface area contributed by atoms with E-state index >= 15 is 0 Å². The second-order valence-corrected chi connectivity index (χ2v) is 5.35. The summed E-state index contributed by atoms with van der Waals surface area (Å²) in [4.78, 5) is 15.8. The number of amides is 1. The Kier molecular flexibility index (Phi) is 7.89. The van der Waals surface area contributed by atoms with Gasteiger partial charge in [-0.15, -0.1) is 0 Å². The number of nitrogens with zero attached hydrogens (tertiary/aromatic N) is 1. The third-order valence-electron chi connectivity index (χ3n) is 2.67. The van der Waals surface area contributed by atoms with Crippen LogP contribution in [-0.4, -0.2) is 39.0 Å². The molecule has 0 aliphatic heterocycles. The van der Waals surface area contributed by atoms with Crippen molar-refractivity contribution in [3.8, 4) is 0 Å². The van der Waals surface area contributed by atoms with Crippen LogP contribution in [0.4, 0.5) is 4.79 Å². The predicted molar refractivity (Wildman–Crippen MR) is 81.1 cm³/mol. The maximum atomic E-state index is 11.8. The summed E-state index contributed by atoms with van der Waals surface area (Å²) in [6, 6.07) is 9.58. The van der Waals surface area contributed by atoms with Gasteiger partial charge in [0, 0.05) is 0 Å². The summed E-state index contributed by atoms with van der Waals surface area (Å²) in [5.41, 5.74) is 0.970. The van der Waals surface area contributed by atoms with Crippen LogP contribution in [0.5, 0.6) is 0 Å². The van der Waals surface area contributed by atoms with Gasteiger partial charge in [0.05, 0.1) is 0 Å². The van der Waals surface area contributed by atoms with Crippen LogP contribution in [0.1, 0.15) is 25.8 Å². The molecule has 0 spiro atoms. The molecule has 1 N–H and O–H groups in total. The van der Waals surface area contributed by atoms with Crippen LogP contribution >= 0.6 is 0 Å². The molecule has 1 atom stereocenters. The van der Waals surface area contributed by atoms with E-state index in [1.54, 1.807) is 0 Å². The third-order valence-corrected chi connectivity index (χ3v) is 2.94. The Bertz CT molecular complexity index is 456. The van der Waals surface area contributed by atoms with Crippen LogP contribution in [0.3, 0.4) is 0 Å². The molecule has 0 saturated heterocycles. The third kappa shape index (κ3) is 7.25. The number of carbonyl (C=O) groups excluding carboxylic acids is 1. The Labute approximate surface area is 128 Å². The van der Waals surface area contributed by atoms with Crippen molar-refractivity contribution in [1.82, 2.24) is 5.32 Å². The first-order chi connectivity index (χ1) is 9.61. The molecule has 4 nitrogen and oxygen atoms in total. The molecule has 20 heavy (non-hydrogen) atoms. The van der Waals surface area contributed by atoms with E-state index < -0.39 is 6.09 Å². The molecular weight excluding hydrogens is 319 g/mol. The summed E-state index contributed by atoms with van der Waals surface area (Å²) in [5.74, 6) is 0.477. The molecule has 0 aliphatic carbocycles. The van der Waals surface area contributed by atoms with E-state index in [0.717, 1.165) is 12.0 Å².